The van der Waals surface area contributed by atoms with Crippen LogP contribution in [0, 0.1) is 0 Å². The van der Waals surface area contributed by atoms with E-state index in [0.717, 1.165) is 43.9 Å². The molecule has 0 N–H and O–H groups in total. The summed E-state index contributed by atoms with van der Waals surface area (Å²) in [5.74, 6) is -0.0645. The molecule has 2 fully saturated rings. The zero-order valence-corrected chi connectivity index (χ0v) is 21.3. The minimum absolute atomic E-state index is 0.0459. The van der Waals surface area contributed by atoms with Crippen LogP contribution in [0.2, 0.25) is 0 Å². The van der Waals surface area contributed by atoms with Crippen LogP contribution >= 0.6 is 0 Å². The van der Waals surface area contributed by atoms with E-state index in [1.807, 2.05) is 30.3 Å². The Bertz CT molecular complexity index is 1020. The second-order valence-corrected chi connectivity index (χ2v) is 10.4. The standard InChI is InChI=1S/C29H34F6N2O/c30-28(31,32)23-18-21(19-24(20-23)29(33,34)35)8-7-13-26(38)27(22-9-3-1-4-10-22)37-16-14-36(15-17-37)25-11-5-2-6-12-25/h1,3-4,9-10,18-20,25,27H,2,5-8,11-17H2. The van der Waals surface area contributed by atoms with Crippen molar-refractivity contribution in [1.29, 1.82) is 0 Å². The molecule has 0 amide bonds. The molecule has 1 saturated carbocycles. The van der Waals surface area contributed by atoms with E-state index in [0.29, 0.717) is 6.04 Å². The highest BCUT2D eigenvalue weighted by molar-refractivity contribution is 5.85. The van der Waals surface area contributed by atoms with E-state index in [-0.39, 0.29) is 36.7 Å². The summed E-state index contributed by atoms with van der Waals surface area (Å²) in [7, 11) is 0. The Morgan fingerprint density at radius 3 is 1.95 bits per heavy atom. The van der Waals surface area contributed by atoms with Crippen molar-refractivity contribution in [2.45, 2.75) is 75.8 Å². The van der Waals surface area contributed by atoms with Gasteiger partial charge in [-0.1, -0.05) is 49.6 Å². The second kappa shape index (κ2) is 12.2. The first-order chi connectivity index (χ1) is 18.0. The predicted octanol–water partition coefficient (Wildman–Crippen LogP) is 7.31. The molecule has 2 aromatic carbocycles. The molecule has 0 aromatic heterocycles. The molecule has 0 radical (unpaired) electrons. The molecule has 2 aliphatic rings. The molecule has 1 aliphatic carbocycles. The summed E-state index contributed by atoms with van der Waals surface area (Å²) >= 11 is 0. The number of Topliss-reactive ketones (excluding diaryl/α,β-unsaturated/α-hetero) is 1. The van der Waals surface area contributed by atoms with Crippen molar-refractivity contribution in [3.8, 4) is 0 Å². The van der Waals surface area contributed by atoms with Gasteiger partial charge >= 0.3 is 12.4 Å². The van der Waals surface area contributed by atoms with Crippen LogP contribution in [0.4, 0.5) is 26.3 Å². The number of alkyl halides is 6. The minimum atomic E-state index is -4.88. The van der Waals surface area contributed by atoms with Gasteiger partial charge < -0.3 is 0 Å². The van der Waals surface area contributed by atoms with Gasteiger partial charge in [0.1, 0.15) is 0 Å². The Morgan fingerprint density at radius 1 is 0.816 bits per heavy atom. The zero-order valence-electron chi connectivity index (χ0n) is 21.3. The summed E-state index contributed by atoms with van der Waals surface area (Å²) in [4.78, 5) is 18.1. The predicted molar refractivity (Wildman–Crippen MR) is 134 cm³/mol. The van der Waals surface area contributed by atoms with Crippen LogP contribution in [-0.4, -0.2) is 47.8 Å². The van der Waals surface area contributed by atoms with E-state index in [1.54, 1.807) is 0 Å². The lowest BCUT2D eigenvalue weighted by Crippen LogP contribution is -2.52. The molecule has 0 spiro atoms. The first-order valence-corrected chi connectivity index (χ1v) is 13.4. The Morgan fingerprint density at radius 2 is 1.39 bits per heavy atom. The molecule has 0 bridgehead atoms. The average Bonchev–Trinajstić information content (AvgIpc) is 2.89. The van der Waals surface area contributed by atoms with Gasteiger partial charge in [0.15, 0.2) is 5.78 Å². The molecular formula is C29H34F6N2O. The van der Waals surface area contributed by atoms with Gasteiger partial charge in [0, 0.05) is 38.6 Å². The molecule has 9 heteroatoms. The highest BCUT2D eigenvalue weighted by Gasteiger charge is 2.37. The molecule has 1 aliphatic heterocycles. The van der Waals surface area contributed by atoms with Crippen molar-refractivity contribution < 1.29 is 31.1 Å². The van der Waals surface area contributed by atoms with Crippen molar-refractivity contribution in [1.82, 2.24) is 9.80 Å². The van der Waals surface area contributed by atoms with Gasteiger partial charge in [0.25, 0.3) is 0 Å². The van der Waals surface area contributed by atoms with E-state index in [2.05, 4.69) is 9.80 Å². The highest BCUT2D eigenvalue weighted by Crippen LogP contribution is 2.37. The van der Waals surface area contributed by atoms with Crippen molar-refractivity contribution >= 4 is 5.78 Å². The molecule has 1 heterocycles. The third kappa shape index (κ3) is 7.38. The summed E-state index contributed by atoms with van der Waals surface area (Å²) in [6.45, 7) is 3.24. The van der Waals surface area contributed by atoms with Gasteiger partial charge in [0.2, 0.25) is 0 Å². The van der Waals surface area contributed by atoms with E-state index in [4.69, 9.17) is 0 Å². The fourth-order valence-electron chi connectivity index (χ4n) is 5.81. The molecule has 3 nitrogen and oxygen atoms in total. The summed E-state index contributed by atoms with van der Waals surface area (Å²) < 4.78 is 79.2. The second-order valence-electron chi connectivity index (χ2n) is 10.4. The Labute approximate surface area is 219 Å². The fourth-order valence-corrected chi connectivity index (χ4v) is 5.81. The lowest BCUT2D eigenvalue weighted by Gasteiger charge is -2.43. The number of hydrogen-bond donors (Lipinski definition) is 0. The van der Waals surface area contributed by atoms with Crippen molar-refractivity contribution in [2.24, 2.45) is 0 Å². The minimum Gasteiger partial charge on any atom is -0.298 e. The van der Waals surface area contributed by atoms with Gasteiger partial charge in [-0.3, -0.25) is 14.6 Å². The number of carbonyl (C=O) groups excluding carboxylic acids is 1. The normalized spacial score (nSPS) is 19.4. The summed E-state index contributed by atoms with van der Waals surface area (Å²) in [5, 5.41) is 0. The first kappa shape index (κ1) is 28.6. The Balaban J connectivity index is 1.42. The van der Waals surface area contributed by atoms with E-state index in [9.17, 15) is 31.1 Å². The van der Waals surface area contributed by atoms with E-state index >= 15 is 0 Å². The van der Waals surface area contributed by atoms with Gasteiger partial charge in [0.05, 0.1) is 17.2 Å². The number of ketones is 1. The van der Waals surface area contributed by atoms with Crippen LogP contribution in [0.25, 0.3) is 0 Å². The van der Waals surface area contributed by atoms with Gasteiger partial charge in [-0.15, -0.1) is 0 Å². The molecule has 1 atom stereocenters. The number of carbonyl (C=O) groups is 1. The molecule has 1 saturated heterocycles. The maximum Gasteiger partial charge on any atom is 0.416 e. The number of halogens is 6. The molecule has 1 unspecified atom stereocenters. The van der Waals surface area contributed by atoms with Gasteiger partial charge in [-0.2, -0.15) is 26.3 Å². The van der Waals surface area contributed by atoms with E-state index < -0.39 is 29.5 Å². The topological polar surface area (TPSA) is 23.6 Å². The smallest absolute Gasteiger partial charge is 0.298 e. The average molecular weight is 541 g/mol. The van der Waals surface area contributed by atoms with Crippen LogP contribution in [0.5, 0.6) is 0 Å². The number of rotatable bonds is 8. The molecular weight excluding hydrogens is 506 g/mol. The number of piperazine rings is 1. The maximum atomic E-state index is 13.5. The largest absolute Gasteiger partial charge is 0.416 e. The molecule has 4 rings (SSSR count). The number of hydrogen-bond acceptors (Lipinski definition) is 3. The van der Waals surface area contributed by atoms with E-state index in [1.165, 1.54) is 32.1 Å². The molecule has 38 heavy (non-hydrogen) atoms. The molecule has 208 valence electrons. The first-order valence-electron chi connectivity index (χ1n) is 13.4. The van der Waals surface area contributed by atoms with Crippen LogP contribution in [-0.2, 0) is 23.6 Å². The third-order valence-corrected chi connectivity index (χ3v) is 7.76. The SMILES string of the molecule is O=C(CCCc1cc(C(F)(F)F)cc(C(F)(F)F)c1)C(c1ccccc1)N1CCN(C2CCCCC2)CC1. The molecule has 2 aromatic rings. The highest BCUT2D eigenvalue weighted by atomic mass is 19.4. The van der Waals surface area contributed by atoms with Crippen LogP contribution in [0.1, 0.15) is 73.2 Å². The Kier molecular flexibility index (Phi) is 9.19. The third-order valence-electron chi connectivity index (χ3n) is 7.76. The quantitative estimate of drug-likeness (QED) is 0.328. The van der Waals surface area contributed by atoms with Crippen LogP contribution in [0.3, 0.4) is 0 Å². The zero-order chi connectivity index (χ0) is 27.3. The summed E-state index contributed by atoms with van der Waals surface area (Å²) in [5.41, 5.74) is -1.86. The summed E-state index contributed by atoms with van der Waals surface area (Å²) in [6, 6.07) is 11.2. The van der Waals surface area contributed by atoms with Crippen molar-refractivity contribution in [2.75, 3.05) is 26.2 Å². The van der Waals surface area contributed by atoms with Crippen LogP contribution < -0.4 is 0 Å². The Hall–Kier alpha value is -2.39. The number of benzene rings is 2. The van der Waals surface area contributed by atoms with Crippen molar-refractivity contribution in [3.63, 3.8) is 0 Å². The monoisotopic (exact) mass is 540 g/mol. The van der Waals surface area contributed by atoms with Crippen LogP contribution in [0.15, 0.2) is 48.5 Å². The summed E-state index contributed by atoms with van der Waals surface area (Å²) in [6.07, 6.45) is -3.34. The maximum absolute atomic E-state index is 13.5. The van der Waals surface area contributed by atoms with Crippen molar-refractivity contribution in [3.05, 3.63) is 70.8 Å². The number of nitrogens with zero attached hydrogens (tertiary/aromatic N) is 2. The fraction of sp³-hybridized carbons (Fsp3) is 0.552. The van der Waals surface area contributed by atoms with Gasteiger partial charge in [-0.25, -0.2) is 0 Å². The van der Waals surface area contributed by atoms with Gasteiger partial charge in [-0.05, 0) is 55.0 Å². The lowest BCUT2D eigenvalue weighted by atomic mass is 9.92. The number of aryl methyl sites for hydroxylation is 1. The lowest BCUT2D eigenvalue weighted by molar-refractivity contribution is -0.143.